The molecular formula is C9H7NO5S. The lowest BCUT2D eigenvalue weighted by Crippen LogP contribution is -2.11. The third-order valence-electron chi connectivity index (χ3n) is 2.13. The van der Waals surface area contributed by atoms with E-state index < -0.39 is 15.0 Å². The highest BCUT2D eigenvalue weighted by molar-refractivity contribution is 7.90. The van der Waals surface area contributed by atoms with Gasteiger partial charge in [-0.1, -0.05) is 0 Å². The van der Waals surface area contributed by atoms with E-state index in [1.807, 2.05) is 0 Å². The van der Waals surface area contributed by atoms with Gasteiger partial charge in [0.25, 0.3) is 5.69 Å². The van der Waals surface area contributed by atoms with Gasteiger partial charge in [-0.2, -0.15) is 8.42 Å². The molecule has 0 aromatic heterocycles. The summed E-state index contributed by atoms with van der Waals surface area (Å²) in [5, 5.41) is 11.5. The van der Waals surface area contributed by atoms with E-state index >= 15 is 0 Å². The Morgan fingerprint density at radius 3 is 2.69 bits per heavy atom. The Balaban J connectivity index is 2.63. The maximum absolute atomic E-state index is 11.2. The summed E-state index contributed by atoms with van der Waals surface area (Å²) in [4.78, 5) is 10.0. The SMILES string of the molecule is CC1=CS(=O)(=O)Oc2ccc([N+](=O)[O-])cc21. The standard InChI is InChI=1S/C9H7NO5S/c1-6-5-16(13,14)15-9-3-2-7(10(11)12)4-8(6)9/h2-5H,1H3. The van der Waals surface area contributed by atoms with Crippen LogP contribution in [0.25, 0.3) is 5.57 Å². The van der Waals surface area contributed by atoms with Crippen LogP contribution in [-0.4, -0.2) is 13.3 Å². The smallest absolute Gasteiger partial charge is 0.332 e. The second-order valence-corrected chi connectivity index (χ2v) is 4.70. The van der Waals surface area contributed by atoms with Gasteiger partial charge in [0, 0.05) is 17.7 Å². The van der Waals surface area contributed by atoms with Crippen molar-refractivity contribution in [2.45, 2.75) is 6.92 Å². The predicted molar refractivity (Wildman–Crippen MR) is 56.3 cm³/mol. The summed E-state index contributed by atoms with van der Waals surface area (Å²) in [5.41, 5.74) is 0.739. The Hall–Kier alpha value is -1.89. The summed E-state index contributed by atoms with van der Waals surface area (Å²) >= 11 is 0. The molecule has 84 valence electrons. The molecule has 1 heterocycles. The average molecular weight is 241 g/mol. The molecule has 7 heteroatoms. The first-order valence-electron chi connectivity index (χ1n) is 4.31. The van der Waals surface area contributed by atoms with Crippen LogP contribution in [0.1, 0.15) is 12.5 Å². The van der Waals surface area contributed by atoms with Gasteiger partial charge < -0.3 is 4.18 Å². The Bertz CT molecular complexity index is 602. The third-order valence-corrected chi connectivity index (χ3v) is 3.18. The summed E-state index contributed by atoms with van der Waals surface area (Å²) in [7, 11) is -3.71. The molecule has 0 aliphatic carbocycles. The van der Waals surface area contributed by atoms with Crippen LogP contribution in [-0.2, 0) is 10.1 Å². The number of nitro benzene ring substituents is 1. The second kappa shape index (κ2) is 3.31. The monoisotopic (exact) mass is 241 g/mol. The molecule has 0 spiro atoms. The molecule has 2 rings (SSSR count). The molecule has 1 aromatic rings. The van der Waals surface area contributed by atoms with Crippen molar-refractivity contribution in [2.24, 2.45) is 0 Å². The molecule has 16 heavy (non-hydrogen) atoms. The van der Waals surface area contributed by atoms with Crippen LogP contribution in [0.15, 0.2) is 23.6 Å². The van der Waals surface area contributed by atoms with Gasteiger partial charge in [-0.15, -0.1) is 0 Å². The third kappa shape index (κ3) is 1.76. The Morgan fingerprint density at radius 1 is 1.38 bits per heavy atom. The summed E-state index contributed by atoms with van der Waals surface area (Å²) < 4.78 is 27.1. The molecule has 1 aliphatic rings. The molecule has 0 radical (unpaired) electrons. The van der Waals surface area contributed by atoms with Crippen LogP contribution in [0.2, 0.25) is 0 Å². The minimum Gasteiger partial charge on any atom is -0.379 e. The van der Waals surface area contributed by atoms with Gasteiger partial charge in [0.05, 0.1) is 10.3 Å². The molecule has 0 bridgehead atoms. The lowest BCUT2D eigenvalue weighted by atomic mass is 10.1. The zero-order chi connectivity index (χ0) is 11.9. The fourth-order valence-corrected chi connectivity index (χ4v) is 2.45. The largest absolute Gasteiger partial charge is 0.379 e. The van der Waals surface area contributed by atoms with E-state index in [-0.39, 0.29) is 11.4 Å². The van der Waals surface area contributed by atoms with Crippen LogP contribution < -0.4 is 4.18 Å². The summed E-state index contributed by atoms with van der Waals surface area (Å²) in [6.45, 7) is 1.56. The lowest BCUT2D eigenvalue weighted by molar-refractivity contribution is -0.384. The Labute approximate surface area is 91.4 Å². The number of hydrogen-bond donors (Lipinski definition) is 0. The van der Waals surface area contributed by atoms with E-state index in [0.29, 0.717) is 11.1 Å². The minimum absolute atomic E-state index is 0.102. The number of nitrogens with zero attached hydrogens (tertiary/aromatic N) is 1. The molecule has 0 saturated carbocycles. The van der Waals surface area contributed by atoms with E-state index in [9.17, 15) is 18.5 Å². The van der Waals surface area contributed by atoms with Gasteiger partial charge >= 0.3 is 10.1 Å². The van der Waals surface area contributed by atoms with Crippen molar-refractivity contribution in [3.05, 3.63) is 39.3 Å². The van der Waals surface area contributed by atoms with Crippen LogP contribution in [0.5, 0.6) is 5.75 Å². The quantitative estimate of drug-likeness (QED) is 0.424. The fourth-order valence-electron chi connectivity index (χ4n) is 1.44. The topological polar surface area (TPSA) is 86.5 Å². The minimum atomic E-state index is -3.71. The second-order valence-electron chi connectivity index (χ2n) is 3.31. The molecule has 0 atom stereocenters. The molecule has 0 amide bonds. The van der Waals surface area contributed by atoms with Crippen LogP contribution in [0, 0.1) is 10.1 Å². The molecule has 0 N–H and O–H groups in total. The summed E-state index contributed by atoms with van der Waals surface area (Å²) in [5.74, 6) is 0.116. The van der Waals surface area contributed by atoms with E-state index in [2.05, 4.69) is 0 Å². The van der Waals surface area contributed by atoms with Crippen molar-refractivity contribution in [3.63, 3.8) is 0 Å². The number of fused-ring (bicyclic) bond motifs is 1. The normalized spacial score (nSPS) is 16.9. The molecule has 6 nitrogen and oxygen atoms in total. The molecular weight excluding hydrogens is 234 g/mol. The van der Waals surface area contributed by atoms with Crippen molar-refractivity contribution in [2.75, 3.05) is 0 Å². The van der Waals surface area contributed by atoms with E-state index in [0.717, 1.165) is 5.41 Å². The fraction of sp³-hybridized carbons (Fsp3) is 0.111. The van der Waals surface area contributed by atoms with E-state index in [1.54, 1.807) is 6.92 Å². The lowest BCUT2D eigenvalue weighted by Gasteiger charge is -2.14. The van der Waals surface area contributed by atoms with Crippen molar-refractivity contribution in [3.8, 4) is 5.75 Å². The first kappa shape index (κ1) is 10.6. The van der Waals surface area contributed by atoms with Crippen molar-refractivity contribution >= 4 is 21.4 Å². The first-order chi connectivity index (χ1) is 7.39. The van der Waals surface area contributed by atoms with Gasteiger partial charge in [-0.3, -0.25) is 10.1 Å². The number of non-ortho nitro benzene ring substituents is 1. The van der Waals surface area contributed by atoms with Crippen LogP contribution in [0.4, 0.5) is 5.69 Å². The zero-order valence-electron chi connectivity index (χ0n) is 8.21. The van der Waals surface area contributed by atoms with Crippen molar-refractivity contribution < 1.29 is 17.5 Å². The highest BCUT2D eigenvalue weighted by Crippen LogP contribution is 2.34. The van der Waals surface area contributed by atoms with Gasteiger partial charge in [-0.05, 0) is 18.6 Å². The molecule has 1 aliphatic heterocycles. The van der Waals surface area contributed by atoms with Gasteiger partial charge in [-0.25, -0.2) is 0 Å². The number of nitro groups is 1. The molecule has 1 aromatic carbocycles. The van der Waals surface area contributed by atoms with Crippen molar-refractivity contribution in [1.82, 2.24) is 0 Å². The molecule has 0 saturated heterocycles. The first-order valence-corrected chi connectivity index (χ1v) is 5.78. The van der Waals surface area contributed by atoms with Gasteiger partial charge in [0.1, 0.15) is 0 Å². The number of allylic oxidation sites excluding steroid dienone is 1. The van der Waals surface area contributed by atoms with Crippen LogP contribution >= 0.6 is 0 Å². The average Bonchev–Trinajstić information content (AvgIpc) is 2.15. The van der Waals surface area contributed by atoms with Crippen molar-refractivity contribution in [1.29, 1.82) is 0 Å². The number of benzene rings is 1. The molecule has 0 unspecified atom stereocenters. The highest BCUT2D eigenvalue weighted by atomic mass is 32.2. The zero-order valence-corrected chi connectivity index (χ0v) is 9.02. The number of hydrogen-bond acceptors (Lipinski definition) is 5. The predicted octanol–water partition coefficient (Wildman–Crippen LogP) is 1.68. The summed E-state index contributed by atoms with van der Waals surface area (Å²) in [6, 6.07) is 3.77. The van der Waals surface area contributed by atoms with E-state index in [4.69, 9.17) is 4.18 Å². The maximum atomic E-state index is 11.2. The molecule has 0 fully saturated rings. The van der Waals surface area contributed by atoms with Gasteiger partial charge in [0.2, 0.25) is 0 Å². The Morgan fingerprint density at radius 2 is 2.06 bits per heavy atom. The number of rotatable bonds is 1. The Kier molecular flexibility index (Phi) is 2.20. The maximum Gasteiger partial charge on any atom is 0.332 e. The van der Waals surface area contributed by atoms with Crippen LogP contribution in [0.3, 0.4) is 0 Å². The van der Waals surface area contributed by atoms with E-state index in [1.165, 1.54) is 18.2 Å². The van der Waals surface area contributed by atoms with Gasteiger partial charge in [0.15, 0.2) is 5.75 Å². The highest BCUT2D eigenvalue weighted by Gasteiger charge is 2.23. The summed E-state index contributed by atoms with van der Waals surface area (Å²) in [6.07, 6.45) is 0.